The largest absolute Gasteiger partial charge is 0.496 e. The predicted molar refractivity (Wildman–Crippen MR) is 203 cm³/mol. The summed E-state index contributed by atoms with van der Waals surface area (Å²) in [5.41, 5.74) is 3.07. The van der Waals surface area contributed by atoms with Gasteiger partial charge in [0.2, 0.25) is 5.91 Å². The number of ether oxygens (including phenoxy) is 6. The first-order valence-corrected chi connectivity index (χ1v) is 18.9. The zero-order valence-corrected chi connectivity index (χ0v) is 31.6. The Hall–Kier alpha value is -4.31. The van der Waals surface area contributed by atoms with Crippen LogP contribution in [0.3, 0.4) is 0 Å². The predicted octanol–water partition coefficient (Wildman–Crippen LogP) is 5.58. The van der Waals surface area contributed by atoms with Crippen LogP contribution in [0, 0.1) is 0 Å². The van der Waals surface area contributed by atoms with Crippen molar-refractivity contribution in [2.24, 2.45) is 0 Å². The van der Waals surface area contributed by atoms with Crippen LogP contribution in [-0.2, 0) is 25.7 Å². The number of fused-ring (bicyclic) bond motifs is 1. The van der Waals surface area contributed by atoms with Crippen LogP contribution in [0.4, 0.5) is 11.4 Å². The van der Waals surface area contributed by atoms with Gasteiger partial charge in [0, 0.05) is 70.1 Å². The van der Waals surface area contributed by atoms with Gasteiger partial charge in [-0.25, -0.2) is 0 Å². The van der Waals surface area contributed by atoms with Gasteiger partial charge in [0.05, 0.1) is 57.2 Å². The van der Waals surface area contributed by atoms with E-state index < -0.39 is 0 Å². The second-order valence-electron chi connectivity index (χ2n) is 13.3. The number of anilines is 2. The van der Waals surface area contributed by atoms with Crippen molar-refractivity contribution in [1.82, 2.24) is 10.3 Å². The molecule has 1 amide bonds. The average Bonchev–Trinajstić information content (AvgIpc) is 3.20. The van der Waals surface area contributed by atoms with Crippen LogP contribution in [-0.4, -0.2) is 119 Å². The number of hydrogen-bond acceptors (Lipinski definition) is 13. The summed E-state index contributed by atoms with van der Waals surface area (Å²) >= 11 is 0. The molecule has 1 unspecified atom stereocenters. The molecule has 2 aliphatic rings. The van der Waals surface area contributed by atoms with Gasteiger partial charge in [-0.15, -0.1) is 0 Å². The smallest absolute Gasteiger partial charge is 0.222 e. The summed E-state index contributed by atoms with van der Waals surface area (Å²) in [5, 5.41) is 17.1. The third kappa shape index (κ3) is 12.6. The number of carbonyl (C=O) groups is 1. The molecule has 3 aromatic carbocycles. The highest BCUT2D eigenvalue weighted by atomic mass is 17.1. The molecule has 2 N–H and O–H groups in total. The first kappa shape index (κ1) is 40.9. The van der Waals surface area contributed by atoms with Gasteiger partial charge in [-0.05, 0) is 61.7 Å². The molecular weight excluding hydrogens is 696 g/mol. The molecule has 0 radical (unpaired) electrons. The van der Waals surface area contributed by atoms with Gasteiger partial charge in [-0.3, -0.25) is 20.0 Å². The lowest BCUT2D eigenvalue weighted by atomic mass is 10.1. The molecular formula is C40H56N4O10. The van der Waals surface area contributed by atoms with E-state index in [1.165, 1.54) is 0 Å². The van der Waals surface area contributed by atoms with Gasteiger partial charge < -0.3 is 43.1 Å². The van der Waals surface area contributed by atoms with Crippen LogP contribution in [0.2, 0.25) is 0 Å². The van der Waals surface area contributed by atoms with Crippen LogP contribution < -0.4 is 28.7 Å². The standard InChI is InChI=1S/C40H56N4O10/c1-48-23-8-19-41-22-27-52-39-18-17-36(28-37(39)41)53-31-34-29-42(40(45)12-4-3-7-26-54-44(46)47)20-21-43(34)33-13-15-35(16-14-33)51-25-9-24-50-30-32-10-5-6-11-38(32)49-2/h5-6,10-11,13-18,28,34,46-47H,3-4,7-9,12,19-27,29-31H2,1-2H3. The lowest BCUT2D eigenvalue weighted by Gasteiger charge is -2.42. The molecule has 2 heterocycles. The maximum absolute atomic E-state index is 13.3. The van der Waals surface area contributed by atoms with Crippen molar-refractivity contribution in [2.45, 2.75) is 51.2 Å². The maximum Gasteiger partial charge on any atom is 0.222 e. The van der Waals surface area contributed by atoms with Gasteiger partial charge in [-0.2, -0.15) is 0 Å². The molecule has 1 fully saturated rings. The molecule has 2 aliphatic heterocycles. The summed E-state index contributed by atoms with van der Waals surface area (Å²) in [6.45, 7) is 6.94. The van der Waals surface area contributed by atoms with Crippen molar-refractivity contribution in [1.29, 1.82) is 0 Å². The minimum absolute atomic E-state index is 0.0894. The van der Waals surface area contributed by atoms with Crippen LogP contribution >= 0.6 is 0 Å². The monoisotopic (exact) mass is 752 g/mol. The second kappa shape index (κ2) is 22.2. The van der Waals surface area contributed by atoms with Crippen molar-refractivity contribution in [3.05, 3.63) is 72.3 Å². The molecule has 14 heteroatoms. The molecule has 0 bridgehead atoms. The van der Waals surface area contributed by atoms with E-state index in [1.807, 2.05) is 59.5 Å². The molecule has 0 aliphatic carbocycles. The third-order valence-corrected chi connectivity index (χ3v) is 9.51. The van der Waals surface area contributed by atoms with E-state index in [0.717, 1.165) is 72.3 Å². The summed E-state index contributed by atoms with van der Waals surface area (Å²) < 4.78 is 34.9. The van der Waals surface area contributed by atoms with Crippen molar-refractivity contribution in [2.75, 3.05) is 96.4 Å². The van der Waals surface area contributed by atoms with Crippen molar-refractivity contribution in [3.8, 4) is 23.0 Å². The fourth-order valence-electron chi connectivity index (χ4n) is 6.68. The van der Waals surface area contributed by atoms with Crippen LogP contribution in [0.5, 0.6) is 23.0 Å². The SMILES string of the molecule is COCCCN1CCOc2ccc(OCC3CN(C(=O)CCCCCON(O)O)CCN3c3ccc(OCCCOCc4ccccc4OC)cc3)cc21. The number of unbranched alkanes of at least 4 members (excludes halogenated alkanes) is 2. The molecule has 0 saturated carbocycles. The first-order valence-electron chi connectivity index (χ1n) is 18.9. The Labute approximate surface area is 318 Å². The van der Waals surface area contributed by atoms with E-state index in [0.29, 0.717) is 78.5 Å². The highest BCUT2D eigenvalue weighted by Crippen LogP contribution is 2.35. The third-order valence-electron chi connectivity index (χ3n) is 9.51. The Kier molecular flexibility index (Phi) is 16.8. The molecule has 1 saturated heterocycles. The maximum atomic E-state index is 13.3. The Morgan fingerprint density at radius 1 is 0.852 bits per heavy atom. The summed E-state index contributed by atoms with van der Waals surface area (Å²) in [6, 6.07) is 21.8. The van der Waals surface area contributed by atoms with Crippen molar-refractivity contribution in [3.63, 3.8) is 0 Å². The van der Waals surface area contributed by atoms with E-state index in [1.54, 1.807) is 14.2 Å². The van der Waals surface area contributed by atoms with Gasteiger partial charge in [0.1, 0.15) is 36.2 Å². The van der Waals surface area contributed by atoms with E-state index in [2.05, 4.69) is 26.8 Å². The normalized spacial score (nSPS) is 15.6. The summed E-state index contributed by atoms with van der Waals surface area (Å²) in [7, 11) is 3.38. The molecule has 296 valence electrons. The molecule has 14 nitrogen and oxygen atoms in total. The number of methoxy groups -OCH3 is 2. The van der Waals surface area contributed by atoms with Crippen LogP contribution in [0.15, 0.2) is 66.7 Å². The number of hydrogen-bond donors (Lipinski definition) is 2. The number of carbonyl (C=O) groups excluding carboxylic acids is 1. The van der Waals surface area contributed by atoms with E-state index in [-0.39, 0.29) is 23.9 Å². The quantitative estimate of drug-likeness (QED) is 0.0923. The molecule has 3 aromatic rings. The molecule has 0 aromatic heterocycles. The minimum Gasteiger partial charge on any atom is -0.496 e. The Morgan fingerprint density at radius 3 is 2.50 bits per heavy atom. The second-order valence-corrected chi connectivity index (χ2v) is 13.3. The first-order chi connectivity index (χ1) is 26.4. The van der Waals surface area contributed by atoms with E-state index in [4.69, 9.17) is 38.8 Å². The summed E-state index contributed by atoms with van der Waals surface area (Å²) in [4.78, 5) is 24.5. The molecule has 54 heavy (non-hydrogen) atoms. The van der Waals surface area contributed by atoms with Gasteiger partial charge in [-0.1, -0.05) is 24.6 Å². The molecule has 5 rings (SSSR count). The minimum atomic E-state index is -0.284. The number of benzene rings is 3. The number of rotatable bonds is 23. The average molecular weight is 753 g/mol. The zero-order valence-electron chi connectivity index (χ0n) is 31.6. The molecule has 0 spiro atoms. The number of piperazine rings is 1. The number of nitrogens with zero attached hydrogens (tertiary/aromatic N) is 4. The van der Waals surface area contributed by atoms with Crippen molar-refractivity contribution >= 4 is 17.3 Å². The fourth-order valence-corrected chi connectivity index (χ4v) is 6.68. The van der Waals surface area contributed by atoms with E-state index >= 15 is 0 Å². The van der Waals surface area contributed by atoms with Gasteiger partial charge in [0.25, 0.3) is 0 Å². The summed E-state index contributed by atoms with van der Waals surface area (Å²) in [5.74, 6) is 3.30. The lowest BCUT2D eigenvalue weighted by Crippen LogP contribution is -2.57. The van der Waals surface area contributed by atoms with Gasteiger partial charge in [0.15, 0.2) is 0 Å². The Bertz CT molecular complexity index is 1550. The zero-order chi connectivity index (χ0) is 38.0. The molecule has 1 atom stereocenters. The van der Waals surface area contributed by atoms with Crippen molar-refractivity contribution < 1.29 is 48.5 Å². The van der Waals surface area contributed by atoms with Gasteiger partial charge >= 0.3 is 0 Å². The van der Waals surface area contributed by atoms with Crippen LogP contribution in [0.1, 0.15) is 44.1 Å². The Balaban J connectivity index is 1.16. The number of amides is 1. The van der Waals surface area contributed by atoms with Crippen LogP contribution in [0.25, 0.3) is 0 Å². The highest BCUT2D eigenvalue weighted by Gasteiger charge is 2.30. The lowest BCUT2D eigenvalue weighted by molar-refractivity contribution is -0.492. The highest BCUT2D eigenvalue weighted by molar-refractivity contribution is 5.76. The van der Waals surface area contributed by atoms with E-state index in [9.17, 15) is 4.79 Å². The Morgan fingerprint density at radius 2 is 1.69 bits per heavy atom. The summed E-state index contributed by atoms with van der Waals surface area (Å²) in [6.07, 6.45) is 4.13. The fraction of sp³-hybridized carbons (Fsp3) is 0.525. The topological polar surface area (TPSA) is 135 Å². The number of para-hydroxylation sites is 1.